The zero-order chi connectivity index (χ0) is 15.4. The summed E-state index contributed by atoms with van der Waals surface area (Å²) in [4.78, 5) is 27.4. The van der Waals surface area contributed by atoms with Gasteiger partial charge < -0.3 is 14.0 Å². The highest BCUT2D eigenvalue weighted by atomic mass is 35.5. The first-order chi connectivity index (χ1) is 10.1. The van der Waals surface area contributed by atoms with Gasteiger partial charge in [-0.25, -0.2) is 14.6 Å². The highest BCUT2D eigenvalue weighted by Gasteiger charge is 2.25. The Balaban J connectivity index is 2.39. The Morgan fingerprint density at radius 1 is 1.14 bits per heavy atom. The standard InChI is InChI=1S/C14H13ClN2O4/c1-20-13(18)11-12(14(19)21-2)17(8-16-11)7-9-3-5-10(15)6-4-9/h3-6,8H,7H2,1-2H3. The molecule has 0 fully saturated rings. The molecule has 2 rings (SSSR count). The van der Waals surface area contributed by atoms with Crippen molar-refractivity contribution in [1.29, 1.82) is 0 Å². The van der Waals surface area contributed by atoms with E-state index < -0.39 is 11.9 Å². The molecule has 1 aromatic carbocycles. The molecule has 0 radical (unpaired) electrons. The van der Waals surface area contributed by atoms with Gasteiger partial charge in [0.25, 0.3) is 0 Å². The van der Waals surface area contributed by atoms with Crippen LogP contribution in [-0.2, 0) is 16.0 Å². The van der Waals surface area contributed by atoms with Crippen molar-refractivity contribution in [2.24, 2.45) is 0 Å². The van der Waals surface area contributed by atoms with E-state index in [1.165, 1.54) is 25.1 Å². The van der Waals surface area contributed by atoms with E-state index in [1.54, 1.807) is 12.1 Å². The van der Waals surface area contributed by atoms with Crippen LogP contribution in [0.3, 0.4) is 0 Å². The number of esters is 2. The van der Waals surface area contributed by atoms with Crippen LogP contribution in [-0.4, -0.2) is 35.7 Å². The average molecular weight is 309 g/mol. The van der Waals surface area contributed by atoms with E-state index in [-0.39, 0.29) is 11.4 Å². The predicted molar refractivity (Wildman–Crippen MR) is 75.5 cm³/mol. The van der Waals surface area contributed by atoms with E-state index in [0.717, 1.165) is 5.56 Å². The average Bonchev–Trinajstić information content (AvgIpc) is 2.91. The van der Waals surface area contributed by atoms with Gasteiger partial charge in [0.2, 0.25) is 0 Å². The van der Waals surface area contributed by atoms with E-state index in [0.29, 0.717) is 11.6 Å². The van der Waals surface area contributed by atoms with Crippen LogP contribution in [0.2, 0.25) is 5.02 Å². The lowest BCUT2D eigenvalue weighted by atomic mass is 10.2. The molecule has 1 aromatic heterocycles. The van der Waals surface area contributed by atoms with E-state index >= 15 is 0 Å². The molecule has 0 N–H and O–H groups in total. The number of methoxy groups -OCH3 is 2. The van der Waals surface area contributed by atoms with Crippen molar-refractivity contribution in [3.8, 4) is 0 Å². The van der Waals surface area contributed by atoms with E-state index in [4.69, 9.17) is 16.3 Å². The minimum atomic E-state index is -0.690. The summed E-state index contributed by atoms with van der Waals surface area (Å²) in [5.74, 6) is -1.34. The van der Waals surface area contributed by atoms with Crippen LogP contribution in [0.4, 0.5) is 0 Å². The fourth-order valence-electron chi connectivity index (χ4n) is 1.85. The van der Waals surface area contributed by atoms with Crippen LogP contribution in [0.25, 0.3) is 0 Å². The van der Waals surface area contributed by atoms with Crippen LogP contribution in [0.15, 0.2) is 30.6 Å². The van der Waals surface area contributed by atoms with Gasteiger partial charge in [-0.2, -0.15) is 0 Å². The number of rotatable bonds is 4. The maximum Gasteiger partial charge on any atom is 0.359 e. The third kappa shape index (κ3) is 3.22. The normalized spacial score (nSPS) is 10.2. The summed E-state index contributed by atoms with van der Waals surface area (Å²) in [5, 5.41) is 0.618. The van der Waals surface area contributed by atoms with Crippen molar-refractivity contribution >= 4 is 23.5 Å². The third-order valence-electron chi connectivity index (χ3n) is 2.86. The van der Waals surface area contributed by atoms with Crippen molar-refractivity contribution < 1.29 is 19.1 Å². The van der Waals surface area contributed by atoms with Gasteiger partial charge in [0.1, 0.15) is 0 Å². The predicted octanol–water partition coefficient (Wildman–Crippen LogP) is 2.16. The van der Waals surface area contributed by atoms with Gasteiger partial charge in [-0.1, -0.05) is 23.7 Å². The topological polar surface area (TPSA) is 70.4 Å². The lowest BCUT2D eigenvalue weighted by molar-refractivity contribution is 0.0544. The number of aromatic nitrogens is 2. The first-order valence-electron chi connectivity index (χ1n) is 6.03. The molecule has 7 heteroatoms. The molecule has 0 aliphatic heterocycles. The molecule has 0 aliphatic rings. The molecule has 21 heavy (non-hydrogen) atoms. The van der Waals surface area contributed by atoms with Crippen LogP contribution < -0.4 is 0 Å². The molecule has 0 amide bonds. The van der Waals surface area contributed by atoms with Gasteiger partial charge >= 0.3 is 11.9 Å². The smallest absolute Gasteiger partial charge is 0.359 e. The number of hydrogen-bond acceptors (Lipinski definition) is 5. The van der Waals surface area contributed by atoms with Crippen molar-refractivity contribution in [2.45, 2.75) is 6.54 Å². The Morgan fingerprint density at radius 3 is 2.33 bits per heavy atom. The van der Waals surface area contributed by atoms with Crippen molar-refractivity contribution in [2.75, 3.05) is 14.2 Å². The first kappa shape index (κ1) is 15.1. The monoisotopic (exact) mass is 308 g/mol. The SMILES string of the molecule is COC(=O)c1ncn(Cc2ccc(Cl)cc2)c1C(=O)OC. The van der Waals surface area contributed by atoms with Crippen LogP contribution in [0.1, 0.15) is 26.5 Å². The van der Waals surface area contributed by atoms with Gasteiger partial charge in [0.15, 0.2) is 11.4 Å². The minimum absolute atomic E-state index is 0.0549. The van der Waals surface area contributed by atoms with E-state index in [2.05, 4.69) is 9.72 Å². The molecule has 0 saturated carbocycles. The zero-order valence-corrected chi connectivity index (χ0v) is 12.3. The van der Waals surface area contributed by atoms with Crippen molar-refractivity contribution in [3.63, 3.8) is 0 Å². The molecule has 0 aliphatic carbocycles. The van der Waals surface area contributed by atoms with Gasteiger partial charge in [-0.15, -0.1) is 0 Å². The van der Waals surface area contributed by atoms with E-state index in [9.17, 15) is 9.59 Å². The van der Waals surface area contributed by atoms with Crippen molar-refractivity contribution in [1.82, 2.24) is 9.55 Å². The Bertz CT molecular complexity index is 664. The number of halogens is 1. The molecule has 110 valence electrons. The molecule has 0 spiro atoms. The van der Waals surface area contributed by atoms with Gasteiger partial charge in [0.05, 0.1) is 20.5 Å². The van der Waals surface area contributed by atoms with Crippen LogP contribution >= 0.6 is 11.6 Å². The molecule has 6 nitrogen and oxygen atoms in total. The summed E-state index contributed by atoms with van der Waals surface area (Å²) in [6.07, 6.45) is 1.40. The second kappa shape index (κ2) is 6.41. The molecule has 0 bridgehead atoms. The number of nitrogens with zero attached hydrogens (tertiary/aromatic N) is 2. The maximum atomic E-state index is 11.9. The summed E-state index contributed by atoms with van der Waals surface area (Å²) < 4.78 is 10.8. The van der Waals surface area contributed by atoms with Gasteiger partial charge in [-0.05, 0) is 17.7 Å². The second-order valence-corrected chi connectivity index (χ2v) is 4.62. The Kier molecular flexibility index (Phi) is 4.59. The molecule has 2 aromatic rings. The molecule has 0 unspecified atom stereocenters. The van der Waals surface area contributed by atoms with E-state index in [1.807, 2.05) is 12.1 Å². The molecule has 1 heterocycles. The fourth-order valence-corrected chi connectivity index (χ4v) is 1.97. The van der Waals surface area contributed by atoms with Crippen LogP contribution in [0.5, 0.6) is 0 Å². The first-order valence-corrected chi connectivity index (χ1v) is 6.40. The Hall–Kier alpha value is -2.34. The highest BCUT2D eigenvalue weighted by molar-refractivity contribution is 6.30. The molecular weight excluding hydrogens is 296 g/mol. The van der Waals surface area contributed by atoms with Gasteiger partial charge in [-0.3, -0.25) is 0 Å². The third-order valence-corrected chi connectivity index (χ3v) is 3.11. The summed E-state index contributed by atoms with van der Waals surface area (Å²) in [6.45, 7) is 0.353. The Morgan fingerprint density at radius 2 is 1.76 bits per heavy atom. The minimum Gasteiger partial charge on any atom is -0.464 e. The molecular formula is C14H13ClN2O4. The van der Waals surface area contributed by atoms with Gasteiger partial charge in [0, 0.05) is 11.6 Å². The number of carbonyl (C=O) groups is 2. The number of imidazole rings is 1. The summed E-state index contributed by atoms with van der Waals surface area (Å²) in [7, 11) is 2.46. The molecule has 0 atom stereocenters. The van der Waals surface area contributed by atoms with Crippen LogP contribution in [0, 0.1) is 0 Å². The quantitative estimate of drug-likeness (QED) is 0.809. The highest BCUT2D eigenvalue weighted by Crippen LogP contribution is 2.15. The summed E-state index contributed by atoms with van der Waals surface area (Å²) >= 11 is 5.83. The summed E-state index contributed by atoms with van der Waals surface area (Å²) in [5.41, 5.74) is 0.885. The fraction of sp³-hybridized carbons (Fsp3) is 0.214. The lowest BCUT2D eigenvalue weighted by Crippen LogP contribution is -2.16. The maximum absolute atomic E-state index is 11.9. The van der Waals surface area contributed by atoms with Crippen molar-refractivity contribution in [3.05, 3.63) is 52.6 Å². The largest absolute Gasteiger partial charge is 0.464 e. The number of hydrogen-bond donors (Lipinski definition) is 0. The number of ether oxygens (including phenoxy) is 2. The number of benzene rings is 1. The Labute approximate surface area is 126 Å². The molecule has 0 saturated heterocycles. The second-order valence-electron chi connectivity index (χ2n) is 4.18. The zero-order valence-electron chi connectivity index (χ0n) is 11.5. The lowest BCUT2D eigenvalue weighted by Gasteiger charge is -2.08. The summed E-state index contributed by atoms with van der Waals surface area (Å²) in [6, 6.07) is 7.13. The number of carbonyl (C=O) groups excluding carboxylic acids is 2.